The van der Waals surface area contributed by atoms with Crippen molar-refractivity contribution in [2.75, 3.05) is 36.2 Å². The van der Waals surface area contributed by atoms with Gasteiger partial charge in [0.25, 0.3) is 0 Å². The second-order valence-electron chi connectivity index (χ2n) is 6.07. The third kappa shape index (κ3) is 5.03. The third-order valence-corrected chi connectivity index (χ3v) is 5.03. The summed E-state index contributed by atoms with van der Waals surface area (Å²) >= 11 is 0. The Labute approximate surface area is 164 Å². The van der Waals surface area contributed by atoms with Gasteiger partial charge in [-0.15, -0.1) is 0 Å². The number of hydrogen-bond acceptors (Lipinski definition) is 8. The van der Waals surface area contributed by atoms with Crippen LogP contribution >= 0.6 is 0 Å². The number of anilines is 2. The molecule has 10 heteroatoms. The maximum Gasteiger partial charge on any atom is 0.164 e. The van der Waals surface area contributed by atoms with Crippen LogP contribution in [0, 0.1) is 5.41 Å². The predicted octanol–water partition coefficient (Wildman–Crippen LogP) is 2.18. The minimum atomic E-state index is -3.03. The number of hydrogen-bond donors (Lipinski definition) is 4. The zero-order chi connectivity index (χ0) is 20.7. The van der Waals surface area contributed by atoms with E-state index in [9.17, 15) is 8.42 Å². The van der Waals surface area contributed by atoms with Gasteiger partial charge in [-0.1, -0.05) is 12.7 Å². The Morgan fingerprint density at radius 1 is 1.36 bits per heavy atom. The van der Waals surface area contributed by atoms with E-state index >= 15 is 0 Å². The summed E-state index contributed by atoms with van der Waals surface area (Å²) in [4.78, 5) is 9.12. The summed E-state index contributed by atoms with van der Waals surface area (Å²) in [5, 5.41) is 20.7. The summed E-state index contributed by atoms with van der Waals surface area (Å²) in [5.74, 6) is 1.48. The van der Waals surface area contributed by atoms with Gasteiger partial charge in [-0.3, -0.25) is 5.10 Å². The van der Waals surface area contributed by atoms with Gasteiger partial charge in [-0.25, -0.2) is 18.4 Å². The fraction of sp³-hybridized carbons (Fsp3) is 0.333. The fourth-order valence-corrected chi connectivity index (χ4v) is 3.33. The van der Waals surface area contributed by atoms with Crippen LogP contribution < -0.4 is 10.6 Å². The van der Waals surface area contributed by atoms with Crippen LogP contribution in [0.3, 0.4) is 0 Å². The van der Waals surface area contributed by atoms with E-state index in [1.807, 2.05) is 13.0 Å². The van der Waals surface area contributed by atoms with Gasteiger partial charge < -0.3 is 16.0 Å². The zero-order valence-corrected chi connectivity index (χ0v) is 17.0. The van der Waals surface area contributed by atoms with E-state index in [1.54, 1.807) is 19.3 Å². The normalized spacial score (nSPS) is 11.9. The summed E-state index contributed by atoms with van der Waals surface area (Å²) in [5.41, 5.74) is 2.82. The molecule has 0 fully saturated rings. The summed E-state index contributed by atoms with van der Waals surface area (Å²) in [7, 11) is -1.31. The molecule has 0 saturated heterocycles. The zero-order valence-electron chi connectivity index (χ0n) is 16.2. The lowest BCUT2D eigenvalue weighted by Gasteiger charge is -2.15. The molecule has 0 atom stereocenters. The van der Waals surface area contributed by atoms with Crippen LogP contribution in [0.15, 0.2) is 18.9 Å². The third-order valence-electron chi connectivity index (χ3n) is 4.00. The van der Waals surface area contributed by atoms with Gasteiger partial charge in [-0.2, -0.15) is 5.10 Å². The maximum absolute atomic E-state index is 11.3. The van der Waals surface area contributed by atoms with E-state index in [1.165, 1.54) is 6.26 Å². The fourth-order valence-electron chi connectivity index (χ4n) is 2.66. The monoisotopic (exact) mass is 403 g/mol. The molecule has 2 aromatic heterocycles. The van der Waals surface area contributed by atoms with E-state index in [4.69, 9.17) is 5.41 Å². The number of nitrogens with one attached hydrogen (secondary N) is 4. The largest absolute Gasteiger partial charge is 0.372 e. The van der Waals surface area contributed by atoms with Crippen LogP contribution in [0.2, 0.25) is 0 Å². The van der Waals surface area contributed by atoms with Crippen molar-refractivity contribution in [3.05, 3.63) is 41.5 Å². The van der Waals surface area contributed by atoms with Gasteiger partial charge in [0.05, 0.1) is 23.2 Å². The number of allylic oxidation sites excluding steroid dienone is 1. The molecule has 0 aliphatic carbocycles. The number of aromatic amines is 1. The lowest BCUT2D eigenvalue weighted by Crippen LogP contribution is -2.14. The van der Waals surface area contributed by atoms with Crippen molar-refractivity contribution in [3.8, 4) is 0 Å². The molecule has 4 N–H and O–H groups in total. The van der Waals surface area contributed by atoms with Crippen LogP contribution in [0.1, 0.15) is 36.0 Å². The van der Waals surface area contributed by atoms with E-state index in [-0.39, 0.29) is 5.75 Å². The first kappa shape index (κ1) is 21.3. The highest BCUT2D eigenvalue weighted by Crippen LogP contribution is 2.27. The Bertz CT molecular complexity index is 993. The second-order valence-corrected chi connectivity index (χ2v) is 8.33. The van der Waals surface area contributed by atoms with Crippen LogP contribution in [0.5, 0.6) is 0 Å². The van der Waals surface area contributed by atoms with Crippen molar-refractivity contribution < 1.29 is 8.42 Å². The lowest BCUT2D eigenvalue weighted by molar-refractivity contribution is 0.600. The Kier molecular flexibility index (Phi) is 7.05. The number of H-pyrrole nitrogens is 1. The quantitative estimate of drug-likeness (QED) is 0.352. The Morgan fingerprint density at radius 2 is 2.07 bits per heavy atom. The van der Waals surface area contributed by atoms with Crippen molar-refractivity contribution in [1.82, 2.24) is 20.2 Å². The first-order valence-electron chi connectivity index (χ1n) is 8.69. The molecular formula is C18H25N7O2S. The van der Waals surface area contributed by atoms with E-state index < -0.39 is 9.84 Å². The van der Waals surface area contributed by atoms with E-state index in [0.29, 0.717) is 36.0 Å². The van der Waals surface area contributed by atoms with Crippen LogP contribution in [0.25, 0.3) is 11.6 Å². The van der Waals surface area contributed by atoms with Gasteiger partial charge in [0.1, 0.15) is 21.5 Å². The highest BCUT2D eigenvalue weighted by Gasteiger charge is 2.18. The number of nitrogens with zero attached hydrogens (tertiary/aromatic N) is 3. The highest BCUT2D eigenvalue weighted by atomic mass is 32.2. The molecule has 0 spiro atoms. The molecule has 0 unspecified atom stereocenters. The van der Waals surface area contributed by atoms with Crippen molar-refractivity contribution >= 4 is 39.3 Å². The van der Waals surface area contributed by atoms with Gasteiger partial charge in [0.2, 0.25) is 0 Å². The Hall–Kier alpha value is -3.01. The maximum atomic E-state index is 11.3. The summed E-state index contributed by atoms with van der Waals surface area (Å²) in [6.07, 6.45) is 8.03. The smallest absolute Gasteiger partial charge is 0.164 e. The van der Waals surface area contributed by atoms with Crippen LogP contribution in [-0.4, -0.2) is 60.4 Å². The topological polar surface area (TPSA) is 137 Å². The molecule has 0 aliphatic rings. The molecule has 2 aromatic rings. The van der Waals surface area contributed by atoms with E-state index in [0.717, 1.165) is 23.0 Å². The van der Waals surface area contributed by atoms with Gasteiger partial charge in [0.15, 0.2) is 5.82 Å². The Balaban J connectivity index is 2.42. The number of sulfone groups is 1. The van der Waals surface area contributed by atoms with Crippen molar-refractivity contribution in [2.45, 2.75) is 13.3 Å². The molecular weight excluding hydrogens is 378 g/mol. The average Bonchev–Trinajstić information content (AvgIpc) is 3.13. The minimum absolute atomic E-state index is 0.0780. The van der Waals surface area contributed by atoms with Crippen molar-refractivity contribution in [2.24, 2.45) is 0 Å². The first-order valence-corrected chi connectivity index (χ1v) is 10.7. The van der Waals surface area contributed by atoms with Gasteiger partial charge in [0, 0.05) is 37.2 Å². The molecule has 0 saturated carbocycles. The molecule has 0 amide bonds. The average molecular weight is 404 g/mol. The van der Waals surface area contributed by atoms with Gasteiger partial charge >= 0.3 is 0 Å². The van der Waals surface area contributed by atoms with Crippen molar-refractivity contribution in [1.29, 1.82) is 5.41 Å². The van der Waals surface area contributed by atoms with E-state index in [2.05, 4.69) is 37.4 Å². The number of aromatic nitrogens is 4. The lowest BCUT2D eigenvalue weighted by atomic mass is 10.1. The molecule has 9 nitrogen and oxygen atoms in total. The SMILES string of the molecule is C=Cc1[nH]ncc1/C(=C\C)c1nc(NC)c(C=N)c(NCCCS(C)(=O)=O)n1. The molecule has 0 bridgehead atoms. The molecule has 2 heterocycles. The van der Waals surface area contributed by atoms with Crippen molar-refractivity contribution in [3.63, 3.8) is 0 Å². The molecule has 28 heavy (non-hydrogen) atoms. The molecule has 0 aromatic carbocycles. The minimum Gasteiger partial charge on any atom is -0.372 e. The molecule has 0 radical (unpaired) electrons. The first-order chi connectivity index (χ1) is 13.3. The standard InChI is InChI=1S/C18H25N7O2S/c1-5-12(14-11-22-25-15(14)6-2)18-23-16(20-3)13(10-19)17(24-18)21-8-7-9-28(4,26)27/h5-6,10-11,19H,2,7-9H2,1,3-4H3,(H,22,25)(H2,20,21,23,24)/b12-5+,19-10?. The summed E-state index contributed by atoms with van der Waals surface area (Å²) < 4.78 is 22.6. The summed E-state index contributed by atoms with van der Waals surface area (Å²) in [6.45, 7) is 6.06. The molecule has 2 rings (SSSR count). The number of rotatable bonds is 10. The molecule has 150 valence electrons. The van der Waals surface area contributed by atoms with Crippen LogP contribution in [0.4, 0.5) is 11.6 Å². The molecule has 0 aliphatic heterocycles. The highest BCUT2D eigenvalue weighted by molar-refractivity contribution is 7.90. The van der Waals surface area contributed by atoms with Crippen LogP contribution in [-0.2, 0) is 9.84 Å². The Morgan fingerprint density at radius 3 is 2.64 bits per heavy atom. The van der Waals surface area contributed by atoms with Gasteiger partial charge in [-0.05, 0) is 19.4 Å². The second kappa shape index (κ2) is 9.27. The predicted molar refractivity (Wildman–Crippen MR) is 114 cm³/mol. The summed E-state index contributed by atoms with van der Waals surface area (Å²) in [6, 6.07) is 0.